The maximum absolute atomic E-state index is 11.7. The molecular formula is C13H15NO4. The largest absolute Gasteiger partial charge is 0.478 e. The molecule has 0 saturated carbocycles. The summed E-state index contributed by atoms with van der Waals surface area (Å²) in [4.78, 5) is 24.2. The van der Waals surface area contributed by atoms with Crippen LogP contribution in [0, 0.1) is 5.92 Å². The summed E-state index contributed by atoms with van der Waals surface area (Å²) < 4.78 is 5.03. The highest BCUT2D eigenvalue weighted by atomic mass is 16.6. The summed E-state index contributed by atoms with van der Waals surface area (Å²) in [6.07, 6.45) is -0.420. The van der Waals surface area contributed by atoms with Crippen molar-refractivity contribution in [1.29, 1.82) is 0 Å². The zero-order chi connectivity index (χ0) is 13.3. The molecule has 5 heteroatoms. The van der Waals surface area contributed by atoms with E-state index in [-0.39, 0.29) is 17.5 Å². The van der Waals surface area contributed by atoms with Crippen LogP contribution >= 0.6 is 0 Å². The average molecular weight is 249 g/mol. The molecule has 96 valence electrons. The van der Waals surface area contributed by atoms with Crippen LogP contribution < -0.4 is 4.90 Å². The SMILES string of the molecule is CC(C)[C@H]1COC(=O)N1c1cccc(C(=O)O)c1. The average Bonchev–Trinajstić information content (AvgIpc) is 2.71. The van der Waals surface area contributed by atoms with Crippen LogP contribution in [0.2, 0.25) is 0 Å². The lowest BCUT2D eigenvalue weighted by Crippen LogP contribution is -2.37. The third-order valence-corrected chi connectivity index (χ3v) is 3.05. The van der Waals surface area contributed by atoms with Gasteiger partial charge in [0.25, 0.3) is 0 Å². The van der Waals surface area contributed by atoms with Crippen molar-refractivity contribution in [2.45, 2.75) is 19.9 Å². The molecule has 1 aliphatic heterocycles. The lowest BCUT2D eigenvalue weighted by molar-refractivity contribution is 0.0697. The summed E-state index contributed by atoms with van der Waals surface area (Å²) in [6, 6.07) is 6.28. The van der Waals surface area contributed by atoms with Crippen molar-refractivity contribution in [3.05, 3.63) is 29.8 Å². The maximum atomic E-state index is 11.7. The van der Waals surface area contributed by atoms with Crippen LogP contribution in [-0.2, 0) is 4.74 Å². The molecule has 1 heterocycles. The quantitative estimate of drug-likeness (QED) is 0.893. The number of aromatic carboxylic acids is 1. The molecule has 1 amide bonds. The normalized spacial score (nSPS) is 19.2. The number of ether oxygens (including phenoxy) is 1. The molecular weight excluding hydrogens is 234 g/mol. The Balaban J connectivity index is 2.37. The summed E-state index contributed by atoms with van der Waals surface area (Å²) in [6.45, 7) is 4.34. The Hall–Kier alpha value is -2.04. The van der Waals surface area contributed by atoms with E-state index in [4.69, 9.17) is 9.84 Å². The first-order valence-electron chi connectivity index (χ1n) is 5.80. The van der Waals surface area contributed by atoms with E-state index in [1.807, 2.05) is 13.8 Å². The minimum Gasteiger partial charge on any atom is -0.478 e. The van der Waals surface area contributed by atoms with Crippen molar-refractivity contribution in [2.75, 3.05) is 11.5 Å². The third-order valence-electron chi connectivity index (χ3n) is 3.05. The maximum Gasteiger partial charge on any atom is 0.414 e. The molecule has 1 N–H and O–H groups in total. The molecule has 1 saturated heterocycles. The highest BCUT2D eigenvalue weighted by molar-refractivity contribution is 5.94. The van der Waals surface area contributed by atoms with Gasteiger partial charge in [-0.2, -0.15) is 0 Å². The fourth-order valence-electron chi connectivity index (χ4n) is 2.01. The molecule has 1 aromatic carbocycles. The molecule has 0 radical (unpaired) electrons. The summed E-state index contributed by atoms with van der Waals surface area (Å²) in [5.74, 6) is -0.768. The predicted molar refractivity (Wildman–Crippen MR) is 65.9 cm³/mol. The van der Waals surface area contributed by atoms with Gasteiger partial charge in [0, 0.05) is 5.69 Å². The summed E-state index contributed by atoms with van der Waals surface area (Å²) >= 11 is 0. The fraction of sp³-hybridized carbons (Fsp3) is 0.385. The van der Waals surface area contributed by atoms with Crippen LogP contribution in [0.25, 0.3) is 0 Å². The lowest BCUT2D eigenvalue weighted by atomic mass is 10.0. The van der Waals surface area contributed by atoms with Gasteiger partial charge in [-0.15, -0.1) is 0 Å². The minimum atomic E-state index is -1.01. The van der Waals surface area contributed by atoms with Crippen molar-refractivity contribution >= 4 is 17.7 Å². The number of carbonyl (C=O) groups excluding carboxylic acids is 1. The summed E-state index contributed by atoms with van der Waals surface area (Å²) in [5, 5.41) is 8.96. The van der Waals surface area contributed by atoms with Gasteiger partial charge in [0.1, 0.15) is 6.61 Å². The van der Waals surface area contributed by atoms with E-state index in [0.717, 1.165) is 0 Å². The number of rotatable bonds is 3. The number of hydrogen-bond donors (Lipinski definition) is 1. The zero-order valence-corrected chi connectivity index (χ0v) is 10.3. The van der Waals surface area contributed by atoms with Crippen molar-refractivity contribution in [1.82, 2.24) is 0 Å². The van der Waals surface area contributed by atoms with Crippen LogP contribution in [0.4, 0.5) is 10.5 Å². The topological polar surface area (TPSA) is 66.8 Å². The monoisotopic (exact) mass is 249 g/mol. The van der Waals surface area contributed by atoms with Crippen molar-refractivity contribution in [2.24, 2.45) is 5.92 Å². The molecule has 0 spiro atoms. The van der Waals surface area contributed by atoms with E-state index in [2.05, 4.69) is 0 Å². The number of anilines is 1. The van der Waals surface area contributed by atoms with Crippen LogP contribution in [0.5, 0.6) is 0 Å². The fourth-order valence-corrected chi connectivity index (χ4v) is 2.01. The molecule has 1 aromatic rings. The Labute approximate surface area is 105 Å². The third kappa shape index (κ3) is 2.16. The van der Waals surface area contributed by atoms with E-state index in [1.165, 1.54) is 17.0 Å². The van der Waals surface area contributed by atoms with Crippen molar-refractivity contribution in [3.63, 3.8) is 0 Å². The van der Waals surface area contributed by atoms with E-state index < -0.39 is 12.1 Å². The minimum absolute atomic E-state index is 0.0541. The first-order valence-corrected chi connectivity index (χ1v) is 5.80. The molecule has 0 bridgehead atoms. The number of hydrogen-bond acceptors (Lipinski definition) is 3. The highest BCUT2D eigenvalue weighted by Gasteiger charge is 2.36. The van der Waals surface area contributed by atoms with Crippen molar-refractivity contribution in [3.8, 4) is 0 Å². The second-order valence-electron chi connectivity index (χ2n) is 4.61. The van der Waals surface area contributed by atoms with Gasteiger partial charge < -0.3 is 9.84 Å². The molecule has 5 nitrogen and oxygen atoms in total. The lowest BCUT2D eigenvalue weighted by Gasteiger charge is -2.24. The predicted octanol–water partition coefficient (Wildman–Crippen LogP) is 2.37. The first-order chi connectivity index (χ1) is 8.50. The summed E-state index contributed by atoms with van der Waals surface area (Å²) in [5.41, 5.74) is 0.728. The number of cyclic esters (lactones) is 1. The number of carbonyl (C=O) groups is 2. The zero-order valence-electron chi connectivity index (χ0n) is 10.3. The molecule has 2 rings (SSSR count). The molecule has 0 unspecified atom stereocenters. The summed E-state index contributed by atoms with van der Waals surface area (Å²) in [7, 11) is 0. The van der Waals surface area contributed by atoms with Crippen LogP contribution in [0.15, 0.2) is 24.3 Å². The van der Waals surface area contributed by atoms with E-state index in [0.29, 0.717) is 12.3 Å². The van der Waals surface area contributed by atoms with Gasteiger partial charge in [0.05, 0.1) is 11.6 Å². The molecule has 0 aromatic heterocycles. The molecule has 1 fully saturated rings. The van der Waals surface area contributed by atoms with Gasteiger partial charge in [-0.3, -0.25) is 4.90 Å². The molecule has 1 atom stereocenters. The number of carboxylic acid groups (broad SMARTS) is 1. The van der Waals surface area contributed by atoms with Gasteiger partial charge >= 0.3 is 12.1 Å². The van der Waals surface area contributed by atoms with Gasteiger partial charge in [0.15, 0.2) is 0 Å². The van der Waals surface area contributed by atoms with Gasteiger partial charge in [0.2, 0.25) is 0 Å². The molecule has 0 aliphatic carbocycles. The van der Waals surface area contributed by atoms with Gasteiger partial charge in [-0.05, 0) is 24.1 Å². The van der Waals surface area contributed by atoms with Gasteiger partial charge in [-0.1, -0.05) is 19.9 Å². The second-order valence-corrected chi connectivity index (χ2v) is 4.61. The first kappa shape index (κ1) is 12.4. The Bertz CT molecular complexity index is 484. The molecule has 1 aliphatic rings. The van der Waals surface area contributed by atoms with Gasteiger partial charge in [-0.25, -0.2) is 9.59 Å². The number of benzene rings is 1. The number of carboxylic acids is 1. The Morgan fingerprint density at radius 1 is 1.50 bits per heavy atom. The van der Waals surface area contributed by atoms with E-state index in [9.17, 15) is 9.59 Å². The second kappa shape index (κ2) is 4.68. The Morgan fingerprint density at radius 3 is 2.83 bits per heavy atom. The van der Waals surface area contributed by atoms with Crippen LogP contribution in [-0.4, -0.2) is 29.8 Å². The van der Waals surface area contributed by atoms with Crippen LogP contribution in [0.1, 0.15) is 24.2 Å². The Morgan fingerprint density at radius 2 is 2.22 bits per heavy atom. The van der Waals surface area contributed by atoms with E-state index >= 15 is 0 Å². The Kier molecular flexibility index (Phi) is 3.23. The van der Waals surface area contributed by atoms with E-state index in [1.54, 1.807) is 12.1 Å². The number of nitrogens with zero attached hydrogens (tertiary/aromatic N) is 1. The highest BCUT2D eigenvalue weighted by Crippen LogP contribution is 2.27. The smallest absolute Gasteiger partial charge is 0.414 e. The van der Waals surface area contributed by atoms with Crippen LogP contribution in [0.3, 0.4) is 0 Å². The molecule has 18 heavy (non-hydrogen) atoms. The van der Waals surface area contributed by atoms with Crippen molar-refractivity contribution < 1.29 is 19.4 Å². The number of amides is 1. The standard InChI is InChI=1S/C13H15NO4/c1-8(2)11-7-18-13(17)14(11)10-5-3-4-9(6-10)12(15)16/h3-6,8,11H,7H2,1-2H3,(H,15,16)/t11-/m1/s1.